The molecule has 0 fully saturated rings. The van der Waals surface area contributed by atoms with Crippen molar-refractivity contribution in [2.45, 2.75) is 19.0 Å². The zero-order valence-electron chi connectivity index (χ0n) is 8.18. The van der Waals surface area contributed by atoms with Crippen LogP contribution < -0.4 is 0 Å². The van der Waals surface area contributed by atoms with Crippen LogP contribution >= 0.6 is 11.6 Å². The van der Waals surface area contributed by atoms with Crippen LogP contribution in [-0.2, 0) is 10.7 Å². The molecule has 0 spiro atoms. The van der Waals surface area contributed by atoms with Gasteiger partial charge in [0.25, 0.3) is 0 Å². The third kappa shape index (κ3) is 2.44. The molecule has 1 aromatic heterocycles. The number of ether oxygens (including phenoxy) is 1. The van der Waals surface area contributed by atoms with E-state index in [4.69, 9.17) is 11.6 Å². The van der Waals surface area contributed by atoms with Gasteiger partial charge < -0.3 is 4.74 Å². The van der Waals surface area contributed by atoms with E-state index in [0.717, 1.165) is 12.1 Å². The Labute approximate surface area is 94.2 Å². The summed E-state index contributed by atoms with van der Waals surface area (Å²) >= 11 is 5.36. The maximum atomic E-state index is 13.3. The largest absolute Gasteiger partial charge is 0.424 e. The molecular weight excluding hydrogens is 250 g/mol. The summed E-state index contributed by atoms with van der Waals surface area (Å²) in [6.45, 7) is 0.674. The van der Waals surface area contributed by atoms with Gasteiger partial charge in [-0.25, -0.2) is 4.98 Å². The van der Waals surface area contributed by atoms with Gasteiger partial charge in [0.15, 0.2) is 0 Å². The highest BCUT2D eigenvalue weighted by molar-refractivity contribution is 6.29. The van der Waals surface area contributed by atoms with Gasteiger partial charge in [0.2, 0.25) is 0 Å². The van der Waals surface area contributed by atoms with Crippen molar-refractivity contribution in [2.24, 2.45) is 0 Å². The van der Waals surface area contributed by atoms with Crippen molar-refractivity contribution < 1.29 is 22.3 Å². The van der Waals surface area contributed by atoms with E-state index in [1.54, 1.807) is 0 Å². The molecule has 16 heavy (non-hydrogen) atoms. The molecule has 0 N–H and O–H groups in total. The van der Waals surface area contributed by atoms with Crippen LogP contribution in [0.25, 0.3) is 0 Å². The fourth-order valence-electron chi connectivity index (χ4n) is 1.00. The Bertz CT molecular complexity index is 355. The zero-order chi connectivity index (χ0) is 12.4. The molecule has 0 aliphatic carbocycles. The van der Waals surface area contributed by atoms with Crippen molar-refractivity contribution in [1.29, 1.82) is 0 Å². The highest BCUT2D eigenvalue weighted by Gasteiger charge is 2.59. The van der Waals surface area contributed by atoms with Gasteiger partial charge in [-0.15, -0.1) is 0 Å². The van der Waals surface area contributed by atoms with Crippen LogP contribution in [0.3, 0.4) is 0 Å². The molecule has 90 valence electrons. The first-order chi connectivity index (χ1) is 7.31. The molecule has 1 rings (SSSR count). The molecule has 0 saturated carbocycles. The highest BCUT2D eigenvalue weighted by Crippen LogP contribution is 2.43. The van der Waals surface area contributed by atoms with E-state index in [0.29, 0.717) is 6.20 Å². The minimum atomic E-state index is -4.57. The summed E-state index contributed by atoms with van der Waals surface area (Å²) in [6, 6.07) is 1.79. The lowest BCUT2D eigenvalue weighted by Gasteiger charge is -2.25. The van der Waals surface area contributed by atoms with Crippen LogP contribution in [0.1, 0.15) is 12.5 Å². The van der Waals surface area contributed by atoms with E-state index in [-0.39, 0.29) is 5.15 Å². The second-order valence-corrected chi connectivity index (χ2v) is 3.28. The number of halogens is 5. The third-order valence-electron chi connectivity index (χ3n) is 1.78. The average molecular weight is 258 g/mol. The van der Waals surface area contributed by atoms with Gasteiger partial charge >= 0.3 is 12.0 Å². The molecule has 0 amide bonds. The molecule has 0 bridgehead atoms. The van der Waals surface area contributed by atoms with E-state index < -0.39 is 24.2 Å². The fourth-order valence-corrected chi connectivity index (χ4v) is 1.11. The van der Waals surface area contributed by atoms with Crippen molar-refractivity contribution >= 4 is 11.6 Å². The van der Waals surface area contributed by atoms with Gasteiger partial charge in [0, 0.05) is 11.8 Å². The van der Waals surface area contributed by atoms with Crippen molar-refractivity contribution in [3.8, 4) is 0 Å². The molecule has 0 radical (unpaired) electrons. The summed E-state index contributed by atoms with van der Waals surface area (Å²) in [5.74, 6) is -4.44. The van der Waals surface area contributed by atoms with E-state index >= 15 is 0 Å². The standard InChI is InChI=1S/C9H8ClF4NO/c1-2-16-9(13,14)8(11,12)6-3-4-7(10)15-5-6/h3-5H,2H2,1H3. The number of hydrogen-bond acceptors (Lipinski definition) is 2. The van der Waals surface area contributed by atoms with Gasteiger partial charge in [-0.2, -0.15) is 17.6 Å². The maximum absolute atomic E-state index is 13.3. The minimum Gasteiger partial charge on any atom is -0.316 e. The Morgan fingerprint density at radius 3 is 2.38 bits per heavy atom. The lowest BCUT2D eigenvalue weighted by molar-refractivity contribution is -0.352. The first-order valence-corrected chi connectivity index (χ1v) is 4.70. The zero-order valence-corrected chi connectivity index (χ0v) is 8.94. The number of pyridine rings is 1. The lowest BCUT2D eigenvalue weighted by atomic mass is 10.1. The van der Waals surface area contributed by atoms with Gasteiger partial charge in [-0.05, 0) is 19.1 Å². The predicted octanol–water partition coefficient (Wildman–Crippen LogP) is 3.46. The minimum absolute atomic E-state index is 0.0562. The smallest absolute Gasteiger partial charge is 0.316 e. The van der Waals surface area contributed by atoms with Crippen LogP contribution in [0.5, 0.6) is 0 Å². The first kappa shape index (κ1) is 13.2. The van der Waals surface area contributed by atoms with Crippen molar-refractivity contribution in [3.05, 3.63) is 29.0 Å². The molecular formula is C9H8ClF4NO. The van der Waals surface area contributed by atoms with Crippen molar-refractivity contribution in [2.75, 3.05) is 6.61 Å². The summed E-state index contributed by atoms with van der Waals surface area (Å²) in [7, 11) is 0. The summed E-state index contributed by atoms with van der Waals surface area (Å²) in [4.78, 5) is 3.32. The monoisotopic (exact) mass is 257 g/mol. The Morgan fingerprint density at radius 1 is 1.31 bits per heavy atom. The number of nitrogens with zero attached hydrogens (tertiary/aromatic N) is 1. The Hall–Kier alpha value is -0.880. The fraction of sp³-hybridized carbons (Fsp3) is 0.444. The van der Waals surface area contributed by atoms with Gasteiger partial charge in [-0.1, -0.05) is 11.6 Å². The second kappa shape index (κ2) is 4.55. The van der Waals surface area contributed by atoms with Crippen LogP contribution in [0.2, 0.25) is 5.15 Å². The van der Waals surface area contributed by atoms with E-state index in [2.05, 4.69) is 9.72 Å². The molecule has 0 aromatic carbocycles. The number of aromatic nitrogens is 1. The van der Waals surface area contributed by atoms with E-state index in [1.165, 1.54) is 6.92 Å². The van der Waals surface area contributed by atoms with Crippen LogP contribution in [0, 0.1) is 0 Å². The summed E-state index contributed by atoms with van der Waals surface area (Å²) in [5.41, 5.74) is -0.949. The number of rotatable bonds is 4. The highest BCUT2D eigenvalue weighted by atomic mass is 35.5. The van der Waals surface area contributed by atoms with Crippen LogP contribution in [0.15, 0.2) is 18.3 Å². The molecule has 1 aromatic rings. The lowest BCUT2D eigenvalue weighted by Crippen LogP contribution is -2.40. The Kier molecular flexibility index (Phi) is 3.75. The van der Waals surface area contributed by atoms with Crippen LogP contribution in [0.4, 0.5) is 17.6 Å². The molecule has 0 atom stereocenters. The van der Waals surface area contributed by atoms with Crippen LogP contribution in [-0.4, -0.2) is 17.7 Å². The quantitative estimate of drug-likeness (QED) is 0.609. The van der Waals surface area contributed by atoms with Gasteiger partial charge in [-0.3, -0.25) is 0 Å². The molecule has 0 unspecified atom stereocenters. The van der Waals surface area contributed by atoms with E-state index in [9.17, 15) is 17.6 Å². The van der Waals surface area contributed by atoms with Crippen molar-refractivity contribution in [3.63, 3.8) is 0 Å². The molecule has 7 heteroatoms. The Balaban J connectivity index is 3.05. The Morgan fingerprint density at radius 2 is 1.94 bits per heavy atom. The third-order valence-corrected chi connectivity index (χ3v) is 2.00. The molecule has 1 heterocycles. The number of alkyl halides is 4. The summed E-state index contributed by atoms with van der Waals surface area (Å²) in [6.07, 6.45) is -3.98. The number of hydrogen-bond donors (Lipinski definition) is 0. The predicted molar refractivity (Wildman–Crippen MR) is 49.7 cm³/mol. The molecule has 0 aliphatic rings. The average Bonchev–Trinajstić information content (AvgIpc) is 2.18. The summed E-state index contributed by atoms with van der Waals surface area (Å²) in [5, 5.41) is -0.0562. The first-order valence-electron chi connectivity index (χ1n) is 4.33. The van der Waals surface area contributed by atoms with Crippen molar-refractivity contribution in [1.82, 2.24) is 4.98 Å². The normalized spacial score (nSPS) is 12.9. The maximum Gasteiger partial charge on any atom is 0.424 e. The van der Waals surface area contributed by atoms with E-state index in [1.807, 2.05) is 0 Å². The topological polar surface area (TPSA) is 22.1 Å². The van der Waals surface area contributed by atoms with Gasteiger partial charge in [0.05, 0.1) is 6.61 Å². The summed E-state index contributed by atoms with van der Waals surface area (Å²) < 4.78 is 56.2. The molecule has 0 aliphatic heterocycles. The second-order valence-electron chi connectivity index (χ2n) is 2.89. The van der Waals surface area contributed by atoms with Gasteiger partial charge in [0.1, 0.15) is 5.15 Å². The molecule has 2 nitrogen and oxygen atoms in total. The SMILES string of the molecule is CCOC(F)(F)C(F)(F)c1ccc(Cl)nc1. The molecule has 0 saturated heterocycles.